The van der Waals surface area contributed by atoms with E-state index in [0.717, 1.165) is 16.7 Å². The zero-order valence-electron chi connectivity index (χ0n) is 10.1. The van der Waals surface area contributed by atoms with Crippen molar-refractivity contribution in [2.45, 2.75) is 13.3 Å². The van der Waals surface area contributed by atoms with Crippen LogP contribution in [-0.2, 0) is 6.42 Å². The minimum absolute atomic E-state index is 0.848. The molecule has 0 spiro atoms. The molecule has 2 aromatic carbocycles. The number of nitrogens with one attached hydrogen (secondary N) is 1. The van der Waals surface area contributed by atoms with Crippen LogP contribution in [0.3, 0.4) is 0 Å². The number of aryl methyl sites for hydroxylation is 1. The van der Waals surface area contributed by atoms with Crippen molar-refractivity contribution in [3.63, 3.8) is 0 Å². The lowest BCUT2D eigenvalue weighted by Gasteiger charge is -2.09. The molecule has 0 radical (unpaired) electrons. The van der Waals surface area contributed by atoms with E-state index in [1.54, 1.807) is 6.20 Å². The number of halogens is 1. The molecule has 3 heteroatoms. The van der Waals surface area contributed by atoms with Crippen LogP contribution in [0.2, 0.25) is 0 Å². The van der Waals surface area contributed by atoms with E-state index in [4.69, 9.17) is 0 Å². The third-order valence-corrected chi connectivity index (χ3v) is 3.77. The summed E-state index contributed by atoms with van der Waals surface area (Å²) in [6.45, 7) is 2.17. The van der Waals surface area contributed by atoms with Gasteiger partial charge in [-0.1, -0.05) is 34.1 Å². The van der Waals surface area contributed by atoms with Gasteiger partial charge >= 0.3 is 0 Å². The fourth-order valence-electron chi connectivity index (χ4n) is 2.25. The molecule has 0 aliphatic rings. The quantitative estimate of drug-likeness (QED) is 0.754. The molecule has 0 aliphatic carbocycles. The summed E-state index contributed by atoms with van der Waals surface area (Å²) in [5.74, 6) is 1.01. The monoisotopic (exact) mass is 300 g/mol. The van der Waals surface area contributed by atoms with Crippen molar-refractivity contribution in [1.82, 2.24) is 9.97 Å². The smallest absolute Gasteiger partial charge is 0.110 e. The second kappa shape index (κ2) is 4.58. The van der Waals surface area contributed by atoms with E-state index in [1.807, 2.05) is 6.20 Å². The number of hydrogen-bond donors (Lipinski definition) is 1. The molecule has 0 bridgehead atoms. The molecule has 0 saturated carbocycles. The molecular weight excluding hydrogens is 288 g/mol. The molecule has 1 aromatic heterocycles. The van der Waals surface area contributed by atoms with E-state index >= 15 is 0 Å². The van der Waals surface area contributed by atoms with Crippen LogP contribution in [-0.4, -0.2) is 9.97 Å². The highest BCUT2D eigenvalue weighted by molar-refractivity contribution is 9.10. The Hall–Kier alpha value is -1.61. The number of benzene rings is 2. The minimum atomic E-state index is 0.848. The molecule has 1 heterocycles. The lowest BCUT2D eigenvalue weighted by Crippen LogP contribution is -1.94. The molecule has 0 atom stereocenters. The van der Waals surface area contributed by atoms with Crippen molar-refractivity contribution in [1.29, 1.82) is 0 Å². The molecule has 3 aromatic rings. The van der Waals surface area contributed by atoms with Gasteiger partial charge in [0.05, 0.1) is 0 Å². The number of hydrogen-bond acceptors (Lipinski definition) is 1. The van der Waals surface area contributed by atoms with E-state index in [0.29, 0.717) is 0 Å². The fourth-order valence-corrected chi connectivity index (χ4v) is 2.61. The molecule has 1 N–H and O–H groups in total. The van der Waals surface area contributed by atoms with Gasteiger partial charge in [0.2, 0.25) is 0 Å². The summed E-state index contributed by atoms with van der Waals surface area (Å²) in [5, 5.41) is 2.58. The Morgan fingerprint density at radius 2 is 2.06 bits per heavy atom. The van der Waals surface area contributed by atoms with Gasteiger partial charge in [-0.05, 0) is 41.0 Å². The van der Waals surface area contributed by atoms with Gasteiger partial charge < -0.3 is 4.98 Å². The van der Waals surface area contributed by atoms with Crippen molar-refractivity contribution in [3.8, 4) is 0 Å². The molecule has 3 rings (SSSR count). The van der Waals surface area contributed by atoms with E-state index in [1.165, 1.54) is 21.9 Å². The summed E-state index contributed by atoms with van der Waals surface area (Å²) in [7, 11) is 0. The highest BCUT2D eigenvalue weighted by Crippen LogP contribution is 2.26. The Kier molecular flexibility index (Phi) is 2.92. The van der Waals surface area contributed by atoms with Crippen molar-refractivity contribution in [3.05, 3.63) is 64.1 Å². The van der Waals surface area contributed by atoms with Gasteiger partial charge in [-0.15, -0.1) is 0 Å². The van der Waals surface area contributed by atoms with Gasteiger partial charge in [0.15, 0.2) is 0 Å². The van der Waals surface area contributed by atoms with Crippen LogP contribution in [0.1, 0.15) is 17.0 Å². The second-order valence-electron chi connectivity index (χ2n) is 4.43. The van der Waals surface area contributed by atoms with Crippen molar-refractivity contribution >= 4 is 26.7 Å². The predicted molar refractivity (Wildman–Crippen MR) is 77.8 cm³/mol. The molecule has 0 fully saturated rings. The summed E-state index contributed by atoms with van der Waals surface area (Å²) < 4.78 is 1.12. The molecule has 2 nitrogen and oxygen atoms in total. The molecule has 90 valence electrons. The van der Waals surface area contributed by atoms with Crippen LogP contribution in [0.4, 0.5) is 0 Å². The highest BCUT2D eigenvalue weighted by Gasteiger charge is 2.06. The number of imidazole rings is 1. The molecule has 0 unspecified atom stereocenters. The lowest BCUT2D eigenvalue weighted by atomic mass is 9.98. The minimum Gasteiger partial charge on any atom is -0.348 e. The van der Waals surface area contributed by atoms with Gasteiger partial charge in [-0.2, -0.15) is 0 Å². The van der Waals surface area contributed by atoms with Crippen LogP contribution in [0.25, 0.3) is 10.8 Å². The first kappa shape index (κ1) is 11.5. The first-order valence-corrected chi connectivity index (χ1v) is 6.69. The molecule has 0 saturated heterocycles. The topological polar surface area (TPSA) is 28.7 Å². The number of aromatic amines is 1. The maximum absolute atomic E-state index is 4.29. The Morgan fingerprint density at radius 3 is 2.83 bits per heavy atom. The molecular formula is C15H13BrN2. The number of rotatable bonds is 2. The Bertz CT molecular complexity index is 687. The van der Waals surface area contributed by atoms with Crippen LogP contribution in [0.15, 0.2) is 47.2 Å². The van der Waals surface area contributed by atoms with Crippen LogP contribution in [0.5, 0.6) is 0 Å². The lowest BCUT2D eigenvalue weighted by molar-refractivity contribution is 1.02. The second-order valence-corrected chi connectivity index (χ2v) is 5.34. The van der Waals surface area contributed by atoms with Gasteiger partial charge in [0.25, 0.3) is 0 Å². The number of aromatic nitrogens is 2. The van der Waals surface area contributed by atoms with Crippen LogP contribution >= 0.6 is 15.9 Å². The van der Waals surface area contributed by atoms with Gasteiger partial charge in [0, 0.05) is 23.3 Å². The van der Waals surface area contributed by atoms with Crippen molar-refractivity contribution in [2.75, 3.05) is 0 Å². The summed E-state index contributed by atoms with van der Waals surface area (Å²) in [4.78, 5) is 7.44. The SMILES string of the molecule is Cc1c(Cc2ncc[nH]2)ccc2ccc(Br)cc12. The van der Waals surface area contributed by atoms with E-state index in [2.05, 4.69) is 63.2 Å². The average molecular weight is 301 g/mol. The summed E-state index contributed by atoms with van der Waals surface area (Å²) in [6.07, 6.45) is 4.51. The first-order chi connectivity index (χ1) is 8.74. The Morgan fingerprint density at radius 1 is 1.22 bits per heavy atom. The standard InChI is InChI=1S/C15H13BrN2/c1-10-12(8-15-17-6-7-18-15)3-2-11-4-5-13(16)9-14(10)11/h2-7,9H,8H2,1H3,(H,17,18). The maximum Gasteiger partial charge on any atom is 0.110 e. The van der Waals surface area contributed by atoms with Gasteiger partial charge in [0.1, 0.15) is 5.82 Å². The normalized spacial score (nSPS) is 11.0. The van der Waals surface area contributed by atoms with Crippen molar-refractivity contribution in [2.24, 2.45) is 0 Å². The van der Waals surface area contributed by atoms with Crippen LogP contribution in [0, 0.1) is 6.92 Å². The largest absolute Gasteiger partial charge is 0.348 e. The number of nitrogens with zero attached hydrogens (tertiary/aromatic N) is 1. The van der Waals surface area contributed by atoms with Crippen LogP contribution < -0.4 is 0 Å². The zero-order valence-corrected chi connectivity index (χ0v) is 11.7. The first-order valence-electron chi connectivity index (χ1n) is 5.90. The molecule has 0 amide bonds. The molecule has 18 heavy (non-hydrogen) atoms. The van der Waals surface area contributed by atoms with Gasteiger partial charge in [-0.25, -0.2) is 4.98 Å². The maximum atomic E-state index is 4.29. The fraction of sp³-hybridized carbons (Fsp3) is 0.133. The zero-order chi connectivity index (χ0) is 12.5. The van der Waals surface area contributed by atoms with E-state index in [9.17, 15) is 0 Å². The Labute approximate surface area is 114 Å². The molecule has 0 aliphatic heterocycles. The van der Waals surface area contributed by atoms with E-state index < -0.39 is 0 Å². The van der Waals surface area contributed by atoms with Crippen molar-refractivity contribution < 1.29 is 0 Å². The number of H-pyrrole nitrogens is 1. The third-order valence-electron chi connectivity index (χ3n) is 3.28. The Balaban J connectivity index is 2.10. The number of fused-ring (bicyclic) bond motifs is 1. The third kappa shape index (κ3) is 2.06. The predicted octanol–water partition coefficient (Wildman–Crippen LogP) is 4.22. The average Bonchev–Trinajstić information content (AvgIpc) is 2.86. The highest BCUT2D eigenvalue weighted by atomic mass is 79.9. The summed E-state index contributed by atoms with van der Waals surface area (Å²) >= 11 is 3.53. The van der Waals surface area contributed by atoms with E-state index in [-0.39, 0.29) is 0 Å². The van der Waals surface area contributed by atoms with Gasteiger partial charge in [-0.3, -0.25) is 0 Å². The summed E-state index contributed by atoms with van der Waals surface area (Å²) in [6, 6.07) is 10.8. The summed E-state index contributed by atoms with van der Waals surface area (Å²) in [5.41, 5.74) is 2.64.